The Morgan fingerprint density at radius 1 is 1.03 bits per heavy atom. The molecule has 1 aromatic heterocycles. The van der Waals surface area contributed by atoms with Crippen LogP contribution in [-0.2, 0) is 11.3 Å². The van der Waals surface area contributed by atoms with E-state index in [1.807, 2.05) is 36.9 Å². The lowest BCUT2D eigenvalue weighted by atomic mass is 10.1. The zero-order valence-corrected chi connectivity index (χ0v) is 19.8. The molecular weight excluding hydrogens is 463 g/mol. The fourth-order valence-corrected chi connectivity index (χ4v) is 4.74. The number of halogens is 3. The third-order valence-corrected chi connectivity index (χ3v) is 6.31. The number of rotatable bonds is 5. The number of hydrogen-bond donors (Lipinski definition) is 0. The lowest BCUT2D eigenvalue weighted by Crippen LogP contribution is -2.59. The van der Waals surface area contributed by atoms with E-state index < -0.39 is 12.1 Å². The van der Waals surface area contributed by atoms with Crippen LogP contribution < -0.4 is 9.64 Å². The lowest BCUT2D eigenvalue weighted by Gasteiger charge is -2.44. The second kappa shape index (κ2) is 10.7. The van der Waals surface area contributed by atoms with Gasteiger partial charge in [-0.3, -0.25) is 9.80 Å². The Bertz CT molecular complexity index is 957. The van der Waals surface area contributed by atoms with Crippen LogP contribution in [0.4, 0.5) is 23.9 Å². The molecule has 2 aliphatic rings. The molecule has 0 N–H and O–H groups in total. The van der Waals surface area contributed by atoms with Crippen LogP contribution in [0.2, 0.25) is 0 Å². The Morgan fingerprint density at radius 2 is 1.63 bits per heavy atom. The highest BCUT2D eigenvalue weighted by Gasteiger charge is 2.36. The maximum Gasteiger partial charge on any atom is 0.573 e. The van der Waals surface area contributed by atoms with Crippen molar-refractivity contribution < 1.29 is 27.4 Å². The van der Waals surface area contributed by atoms with E-state index in [2.05, 4.69) is 31.7 Å². The maximum atomic E-state index is 13.0. The highest BCUT2D eigenvalue weighted by Crippen LogP contribution is 2.25. The highest BCUT2D eigenvalue weighted by atomic mass is 19.4. The molecule has 2 atom stereocenters. The second-order valence-corrected chi connectivity index (χ2v) is 9.12. The van der Waals surface area contributed by atoms with Gasteiger partial charge in [0.1, 0.15) is 6.10 Å². The highest BCUT2D eigenvalue weighted by molar-refractivity contribution is 5.69. The number of hydrogen-bond acceptors (Lipinski definition) is 7. The minimum Gasteiger partial charge on any atom is -0.446 e. The van der Waals surface area contributed by atoms with E-state index in [4.69, 9.17) is 4.74 Å². The van der Waals surface area contributed by atoms with Gasteiger partial charge in [-0.15, -0.1) is 13.2 Å². The van der Waals surface area contributed by atoms with E-state index in [0.717, 1.165) is 44.9 Å². The number of aromatic nitrogens is 2. The van der Waals surface area contributed by atoms with E-state index in [1.54, 1.807) is 4.90 Å². The molecule has 2 fully saturated rings. The first-order valence-electron chi connectivity index (χ1n) is 11.8. The summed E-state index contributed by atoms with van der Waals surface area (Å²) in [5.41, 5.74) is 1.27. The van der Waals surface area contributed by atoms with Crippen LogP contribution in [0.5, 0.6) is 5.75 Å². The number of benzene rings is 1. The number of amides is 1. The number of alkyl halides is 3. The van der Waals surface area contributed by atoms with Crippen LogP contribution in [0.25, 0.3) is 0 Å². The first-order valence-corrected chi connectivity index (χ1v) is 11.8. The number of ether oxygens (including phenoxy) is 2. The average Bonchev–Trinajstić information content (AvgIpc) is 2.80. The van der Waals surface area contributed by atoms with Gasteiger partial charge in [-0.05, 0) is 32.3 Å². The van der Waals surface area contributed by atoms with Gasteiger partial charge in [-0.2, -0.15) is 0 Å². The van der Waals surface area contributed by atoms with E-state index >= 15 is 0 Å². The molecule has 190 valence electrons. The molecule has 1 aromatic carbocycles. The summed E-state index contributed by atoms with van der Waals surface area (Å²) in [6, 6.07) is 9.95. The van der Waals surface area contributed by atoms with Crippen LogP contribution >= 0.6 is 0 Å². The predicted octanol–water partition coefficient (Wildman–Crippen LogP) is 4.08. The zero-order valence-electron chi connectivity index (χ0n) is 19.8. The van der Waals surface area contributed by atoms with Gasteiger partial charge in [0.25, 0.3) is 0 Å². The first kappa shape index (κ1) is 25.0. The third-order valence-electron chi connectivity index (χ3n) is 6.31. The number of anilines is 1. The van der Waals surface area contributed by atoms with Gasteiger partial charge in [-0.25, -0.2) is 14.8 Å². The van der Waals surface area contributed by atoms with Gasteiger partial charge in [0.05, 0.1) is 24.5 Å². The van der Waals surface area contributed by atoms with Crippen molar-refractivity contribution in [2.45, 2.75) is 57.8 Å². The number of piperidine rings is 1. The summed E-state index contributed by atoms with van der Waals surface area (Å²) in [7, 11) is 0. The minimum atomic E-state index is -4.79. The second-order valence-electron chi connectivity index (χ2n) is 9.12. The molecule has 2 aromatic rings. The van der Waals surface area contributed by atoms with Gasteiger partial charge in [0, 0.05) is 32.7 Å². The van der Waals surface area contributed by atoms with Crippen molar-refractivity contribution in [1.82, 2.24) is 19.8 Å². The van der Waals surface area contributed by atoms with Crippen LogP contribution in [0.1, 0.15) is 32.3 Å². The van der Waals surface area contributed by atoms with Crippen molar-refractivity contribution in [1.29, 1.82) is 0 Å². The summed E-state index contributed by atoms with van der Waals surface area (Å²) in [4.78, 5) is 27.0. The Hall–Kier alpha value is -3.08. The molecule has 0 saturated carbocycles. The van der Waals surface area contributed by atoms with Crippen LogP contribution in [0, 0.1) is 0 Å². The van der Waals surface area contributed by atoms with Crippen molar-refractivity contribution >= 4 is 12.0 Å². The summed E-state index contributed by atoms with van der Waals surface area (Å²) < 4.78 is 46.7. The van der Waals surface area contributed by atoms with Crippen molar-refractivity contribution in [3.05, 3.63) is 48.3 Å². The van der Waals surface area contributed by atoms with Crippen molar-refractivity contribution in [3.8, 4) is 5.75 Å². The van der Waals surface area contributed by atoms with Gasteiger partial charge in [0.2, 0.25) is 5.95 Å². The van der Waals surface area contributed by atoms with Crippen LogP contribution in [0.3, 0.4) is 0 Å². The molecule has 0 radical (unpaired) electrons. The fourth-order valence-electron chi connectivity index (χ4n) is 4.74. The predicted molar refractivity (Wildman–Crippen MR) is 123 cm³/mol. The minimum absolute atomic E-state index is 0.114. The summed E-state index contributed by atoms with van der Waals surface area (Å²) in [6.45, 7) is 7.33. The molecule has 11 heteroatoms. The molecule has 8 nitrogen and oxygen atoms in total. The number of piperazine rings is 1. The number of carbonyl (C=O) groups is 1. The number of likely N-dealkylation sites (tertiary alicyclic amines) is 1. The summed E-state index contributed by atoms with van der Waals surface area (Å²) in [5, 5.41) is 0. The molecule has 0 bridgehead atoms. The quantitative estimate of drug-likeness (QED) is 0.622. The molecule has 2 saturated heterocycles. The van der Waals surface area contributed by atoms with Crippen LogP contribution in [-0.4, -0.2) is 76.6 Å². The molecule has 1 amide bonds. The zero-order chi connectivity index (χ0) is 25.0. The van der Waals surface area contributed by atoms with E-state index in [-0.39, 0.29) is 30.2 Å². The molecule has 2 aliphatic heterocycles. The summed E-state index contributed by atoms with van der Waals surface area (Å²) >= 11 is 0. The van der Waals surface area contributed by atoms with Gasteiger partial charge < -0.3 is 14.4 Å². The lowest BCUT2D eigenvalue weighted by molar-refractivity contribution is -0.274. The third kappa shape index (κ3) is 6.74. The van der Waals surface area contributed by atoms with Crippen molar-refractivity contribution in [2.75, 3.05) is 31.1 Å². The van der Waals surface area contributed by atoms with Crippen molar-refractivity contribution in [3.63, 3.8) is 0 Å². The fraction of sp³-hybridized carbons (Fsp3) is 0.542. The normalized spacial score (nSPS) is 22.2. The molecule has 0 unspecified atom stereocenters. The first-order chi connectivity index (χ1) is 16.7. The van der Waals surface area contributed by atoms with E-state index in [0.29, 0.717) is 13.1 Å². The monoisotopic (exact) mass is 493 g/mol. The Balaban J connectivity index is 1.27. The Kier molecular flexibility index (Phi) is 7.63. The van der Waals surface area contributed by atoms with Gasteiger partial charge in [-0.1, -0.05) is 30.3 Å². The Morgan fingerprint density at radius 3 is 2.20 bits per heavy atom. The smallest absolute Gasteiger partial charge is 0.446 e. The van der Waals surface area contributed by atoms with E-state index in [1.165, 1.54) is 5.56 Å². The molecule has 3 heterocycles. The average molecular weight is 494 g/mol. The SMILES string of the molecule is C[C@@H]1CN(c2ncc(OC(F)(F)F)cn2)C[C@H](C)N1C(=O)OC1CCN(Cc2ccccc2)CC1. The Labute approximate surface area is 202 Å². The molecule has 4 rings (SSSR count). The number of carbonyl (C=O) groups excluding carboxylic acids is 1. The molecule has 35 heavy (non-hydrogen) atoms. The van der Waals surface area contributed by atoms with Crippen LogP contribution in [0.15, 0.2) is 42.7 Å². The molecule has 0 aliphatic carbocycles. The molecule has 0 spiro atoms. The van der Waals surface area contributed by atoms with Crippen molar-refractivity contribution in [2.24, 2.45) is 0 Å². The number of nitrogens with zero attached hydrogens (tertiary/aromatic N) is 5. The van der Waals surface area contributed by atoms with Gasteiger partial charge in [0.15, 0.2) is 5.75 Å². The molecular formula is C24H30F3N5O3. The summed E-state index contributed by atoms with van der Waals surface area (Å²) in [5.74, 6) is -0.184. The van der Waals surface area contributed by atoms with Gasteiger partial charge >= 0.3 is 12.5 Å². The topological polar surface area (TPSA) is 71.0 Å². The summed E-state index contributed by atoms with van der Waals surface area (Å²) in [6.07, 6.45) is -1.66. The van der Waals surface area contributed by atoms with E-state index in [9.17, 15) is 18.0 Å². The standard InChI is InChI=1S/C24H30F3N5O3/c1-17-14-31(22-28-12-21(13-29-22)35-24(25,26)27)15-18(2)32(17)23(33)34-20-8-10-30(11-9-20)16-19-6-4-3-5-7-19/h3-7,12-13,17-18,20H,8-11,14-16H2,1-2H3/t17-,18+. The largest absolute Gasteiger partial charge is 0.573 e. The maximum absolute atomic E-state index is 13.0.